The summed E-state index contributed by atoms with van der Waals surface area (Å²) in [6.45, 7) is 1.80. The Labute approximate surface area is 148 Å². The fourth-order valence-electron chi connectivity index (χ4n) is 2.09. The highest BCUT2D eigenvalue weighted by Crippen LogP contribution is 2.20. The molecule has 2 N–H and O–H groups in total. The topological polar surface area (TPSA) is 83.6 Å². The molecular formula is C16H13Cl2N5O. The number of pyridine rings is 1. The third-order valence-electron chi connectivity index (χ3n) is 3.37. The Balaban J connectivity index is 1.74. The zero-order valence-electron chi connectivity index (χ0n) is 12.6. The van der Waals surface area contributed by atoms with Crippen LogP contribution in [0.5, 0.6) is 0 Å². The van der Waals surface area contributed by atoms with Crippen molar-refractivity contribution < 1.29 is 4.79 Å². The second kappa shape index (κ2) is 6.98. The number of aromatic amines is 1. The van der Waals surface area contributed by atoms with Gasteiger partial charge in [-0.1, -0.05) is 23.2 Å². The zero-order chi connectivity index (χ0) is 17.1. The van der Waals surface area contributed by atoms with Crippen LogP contribution in [0.25, 0.3) is 11.4 Å². The summed E-state index contributed by atoms with van der Waals surface area (Å²) >= 11 is 11.8. The Bertz CT molecular complexity index is 863. The molecule has 0 saturated heterocycles. The lowest BCUT2D eigenvalue weighted by molar-refractivity contribution is 0.0938. The van der Waals surface area contributed by atoms with E-state index in [2.05, 4.69) is 25.5 Å². The lowest BCUT2D eigenvalue weighted by Gasteiger charge is -2.11. The lowest BCUT2D eigenvalue weighted by Crippen LogP contribution is -2.27. The summed E-state index contributed by atoms with van der Waals surface area (Å²) in [6.07, 6.45) is 1.53. The number of hydrogen-bond acceptors (Lipinski definition) is 4. The van der Waals surface area contributed by atoms with Crippen molar-refractivity contribution in [2.24, 2.45) is 0 Å². The Morgan fingerprint density at radius 2 is 1.96 bits per heavy atom. The predicted molar refractivity (Wildman–Crippen MR) is 92.0 cm³/mol. The summed E-state index contributed by atoms with van der Waals surface area (Å²) in [5.41, 5.74) is 1.14. The molecule has 0 saturated carbocycles. The maximum Gasteiger partial charge on any atom is 0.254 e. The smallest absolute Gasteiger partial charge is 0.254 e. The molecule has 122 valence electrons. The van der Waals surface area contributed by atoms with Crippen molar-refractivity contribution in [2.45, 2.75) is 13.0 Å². The van der Waals surface area contributed by atoms with Crippen molar-refractivity contribution in [3.8, 4) is 11.4 Å². The number of carbonyl (C=O) groups excluding carboxylic acids is 1. The summed E-state index contributed by atoms with van der Waals surface area (Å²) in [6, 6.07) is 10.1. The molecule has 0 aliphatic carbocycles. The van der Waals surface area contributed by atoms with Crippen LogP contribution in [-0.4, -0.2) is 26.1 Å². The van der Waals surface area contributed by atoms with Crippen molar-refractivity contribution in [3.63, 3.8) is 0 Å². The maximum absolute atomic E-state index is 12.3. The van der Waals surface area contributed by atoms with Crippen molar-refractivity contribution in [2.75, 3.05) is 0 Å². The van der Waals surface area contributed by atoms with Gasteiger partial charge >= 0.3 is 0 Å². The molecular weight excluding hydrogens is 349 g/mol. The van der Waals surface area contributed by atoms with Crippen LogP contribution in [0, 0.1) is 0 Å². The molecule has 0 radical (unpaired) electrons. The minimum Gasteiger partial charge on any atom is -0.342 e. The normalized spacial score (nSPS) is 12.0. The number of nitrogens with one attached hydrogen (secondary N) is 2. The van der Waals surface area contributed by atoms with Gasteiger partial charge in [0, 0.05) is 16.8 Å². The van der Waals surface area contributed by atoms with Gasteiger partial charge in [0.1, 0.15) is 11.0 Å². The van der Waals surface area contributed by atoms with E-state index < -0.39 is 0 Å². The van der Waals surface area contributed by atoms with Crippen LogP contribution in [0.15, 0.2) is 42.6 Å². The zero-order valence-corrected chi connectivity index (χ0v) is 14.1. The van der Waals surface area contributed by atoms with Crippen molar-refractivity contribution in [1.29, 1.82) is 0 Å². The van der Waals surface area contributed by atoms with E-state index in [-0.39, 0.29) is 17.1 Å². The summed E-state index contributed by atoms with van der Waals surface area (Å²) in [5, 5.41) is 10.6. The molecule has 6 nitrogen and oxygen atoms in total. The highest BCUT2D eigenvalue weighted by molar-refractivity contribution is 6.32. The SMILES string of the molecule is C[C@@H](NC(=O)c1cccnc1Cl)c1nc(-c2ccc(Cl)cc2)n[nH]1. The molecule has 0 aliphatic heterocycles. The van der Waals surface area contributed by atoms with Gasteiger partial charge in [0.15, 0.2) is 5.82 Å². The predicted octanol–water partition coefficient (Wildman–Crippen LogP) is 3.66. The van der Waals surface area contributed by atoms with Crippen molar-refractivity contribution >= 4 is 29.1 Å². The van der Waals surface area contributed by atoms with E-state index in [4.69, 9.17) is 23.2 Å². The first-order valence-electron chi connectivity index (χ1n) is 7.14. The molecule has 0 unspecified atom stereocenters. The largest absolute Gasteiger partial charge is 0.342 e. The minimum absolute atomic E-state index is 0.154. The molecule has 3 aromatic rings. The van der Waals surface area contributed by atoms with Crippen LogP contribution < -0.4 is 5.32 Å². The first kappa shape index (κ1) is 16.4. The van der Waals surface area contributed by atoms with E-state index in [0.717, 1.165) is 5.56 Å². The van der Waals surface area contributed by atoms with Crippen LogP contribution in [-0.2, 0) is 0 Å². The quantitative estimate of drug-likeness (QED) is 0.694. The number of carbonyl (C=O) groups is 1. The van der Waals surface area contributed by atoms with Crippen LogP contribution in [0.4, 0.5) is 0 Å². The summed E-state index contributed by atoms with van der Waals surface area (Å²) in [5.74, 6) is 0.737. The van der Waals surface area contributed by atoms with Gasteiger partial charge in [-0.3, -0.25) is 9.89 Å². The Hall–Kier alpha value is -2.44. The highest BCUT2D eigenvalue weighted by atomic mass is 35.5. The number of hydrogen-bond donors (Lipinski definition) is 2. The molecule has 0 bridgehead atoms. The standard InChI is InChI=1S/C16H13Cl2N5O/c1-9(20-16(24)12-3-2-8-19-13(12)18)14-21-15(23-22-14)10-4-6-11(17)7-5-10/h2-9H,1H3,(H,20,24)(H,21,22,23)/t9-/m1/s1. The molecule has 0 aliphatic rings. The fraction of sp³-hybridized carbons (Fsp3) is 0.125. The molecule has 0 fully saturated rings. The van der Waals surface area contributed by atoms with Gasteiger partial charge in [-0.05, 0) is 43.3 Å². The third kappa shape index (κ3) is 3.55. The molecule has 1 atom stereocenters. The lowest BCUT2D eigenvalue weighted by atomic mass is 10.2. The van der Waals surface area contributed by atoms with E-state index in [0.29, 0.717) is 22.2 Å². The molecule has 2 aromatic heterocycles. The third-order valence-corrected chi connectivity index (χ3v) is 3.92. The molecule has 1 aromatic carbocycles. The molecule has 8 heteroatoms. The molecule has 1 amide bonds. The van der Waals surface area contributed by atoms with Gasteiger partial charge in [-0.15, -0.1) is 0 Å². The van der Waals surface area contributed by atoms with Crippen LogP contribution in [0.1, 0.15) is 29.1 Å². The van der Waals surface area contributed by atoms with E-state index in [1.54, 1.807) is 31.2 Å². The molecule has 0 spiro atoms. The average molecular weight is 362 g/mol. The minimum atomic E-state index is -0.373. The van der Waals surface area contributed by atoms with E-state index in [9.17, 15) is 4.79 Å². The second-order valence-corrected chi connectivity index (χ2v) is 5.88. The number of aromatic nitrogens is 4. The number of benzene rings is 1. The van der Waals surface area contributed by atoms with Gasteiger partial charge in [0.25, 0.3) is 5.91 Å². The number of nitrogens with zero attached hydrogens (tertiary/aromatic N) is 3. The first-order chi connectivity index (χ1) is 11.5. The van der Waals surface area contributed by atoms with Crippen molar-refractivity contribution in [1.82, 2.24) is 25.5 Å². The second-order valence-electron chi connectivity index (χ2n) is 5.09. The number of H-pyrrole nitrogens is 1. The summed E-state index contributed by atoms with van der Waals surface area (Å²) < 4.78 is 0. The van der Waals surface area contributed by atoms with Crippen LogP contribution >= 0.6 is 23.2 Å². The fourth-order valence-corrected chi connectivity index (χ4v) is 2.43. The van der Waals surface area contributed by atoms with E-state index in [1.807, 2.05) is 12.1 Å². The molecule has 3 rings (SSSR count). The summed E-state index contributed by atoms with van der Waals surface area (Å²) in [7, 11) is 0. The highest BCUT2D eigenvalue weighted by Gasteiger charge is 2.17. The number of rotatable bonds is 4. The first-order valence-corrected chi connectivity index (χ1v) is 7.90. The maximum atomic E-state index is 12.3. The van der Waals surface area contributed by atoms with E-state index >= 15 is 0 Å². The van der Waals surface area contributed by atoms with Crippen LogP contribution in [0.2, 0.25) is 10.2 Å². The summed E-state index contributed by atoms with van der Waals surface area (Å²) in [4.78, 5) is 20.5. The monoisotopic (exact) mass is 361 g/mol. The van der Waals surface area contributed by atoms with Gasteiger partial charge in [-0.2, -0.15) is 5.10 Å². The number of halogens is 2. The number of amides is 1. The Morgan fingerprint density at radius 1 is 1.21 bits per heavy atom. The van der Waals surface area contributed by atoms with Crippen molar-refractivity contribution in [3.05, 3.63) is 64.2 Å². The average Bonchev–Trinajstić information content (AvgIpc) is 3.06. The van der Waals surface area contributed by atoms with E-state index in [1.165, 1.54) is 6.20 Å². The van der Waals surface area contributed by atoms with Gasteiger partial charge in [0.2, 0.25) is 0 Å². The van der Waals surface area contributed by atoms with Crippen LogP contribution in [0.3, 0.4) is 0 Å². The Kier molecular flexibility index (Phi) is 4.78. The van der Waals surface area contributed by atoms with Gasteiger partial charge in [0.05, 0.1) is 11.6 Å². The molecule has 2 heterocycles. The van der Waals surface area contributed by atoms with Gasteiger partial charge < -0.3 is 5.32 Å². The Morgan fingerprint density at radius 3 is 2.67 bits per heavy atom. The molecule has 24 heavy (non-hydrogen) atoms. The van der Waals surface area contributed by atoms with Gasteiger partial charge in [-0.25, -0.2) is 9.97 Å².